The van der Waals surface area contributed by atoms with Crippen LogP contribution in [0, 0.1) is 23.2 Å². The van der Waals surface area contributed by atoms with Crippen molar-refractivity contribution in [3.63, 3.8) is 0 Å². The van der Waals surface area contributed by atoms with Crippen LogP contribution in [0.15, 0.2) is 30.3 Å². The summed E-state index contributed by atoms with van der Waals surface area (Å²) in [6.45, 7) is 5.79. The maximum atomic E-state index is 12.9. The van der Waals surface area contributed by atoms with E-state index in [1.165, 1.54) is 24.8 Å². The number of fused-ring (bicyclic) bond motifs is 3. The van der Waals surface area contributed by atoms with Gasteiger partial charge in [-0.15, -0.1) is 0 Å². The molecule has 0 bridgehead atoms. The summed E-state index contributed by atoms with van der Waals surface area (Å²) < 4.78 is 12.0. The quantitative estimate of drug-likeness (QED) is 0.574. The number of hydrogen-bond donors (Lipinski definition) is 1. The molecule has 2 saturated carbocycles. The summed E-state index contributed by atoms with van der Waals surface area (Å²) in [6.07, 6.45) is 8.06. The average molecular weight is 440 g/mol. The van der Waals surface area contributed by atoms with E-state index < -0.39 is 5.60 Å². The fraction of sp³-hybridized carbons (Fsp3) is 0.741. The molecule has 1 aromatic rings. The van der Waals surface area contributed by atoms with E-state index in [1.807, 2.05) is 18.2 Å². The summed E-state index contributed by atoms with van der Waals surface area (Å²) in [4.78, 5) is 15.3. The maximum absolute atomic E-state index is 12.9. The second-order valence-electron chi connectivity index (χ2n) is 11.8. The smallest absolute Gasteiger partial charge is 0.310 e. The van der Waals surface area contributed by atoms with Gasteiger partial charge in [-0.05, 0) is 61.8 Å². The van der Waals surface area contributed by atoms with Crippen molar-refractivity contribution in [3.05, 3.63) is 35.9 Å². The van der Waals surface area contributed by atoms with Gasteiger partial charge in [0.15, 0.2) is 0 Å². The van der Waals surface area contributed by atoms with Crippen LogP contribution in [-0.2, 0) is 20.7 Å². The van der Waals surface area contributed by atoms with Crippen LogP contribution in [0.25, 0.3) is 0 Å². The number of carbonyl (C=O) groups excluding carboxylic acids is 1. The van der Waals surface area contributed by atoms with Gasteiger partial charge in [0.25, 0.3) is 0 Å². The van der Waals surface area contributed by atoms with Crippen LogP contribution in [0.5, 0.6) is 0 Å². The van der Waals surface area contributed by atoms with Gasteiger partial charge in [0, 0.05) is 32.0 Å². The van der Waals surface area contributed by atoms with Gasteiger partial charge in [0.1, 0.15) is 6.10 Å². The molecule has 1 spiro atoms. The average Bonchev–Trinajstić information content (AvgIpc) is 3.47. The molecule has 32 heavy (non-hydrogen) atoms. The van der Waals surface area contributed by atoms with E-state index in [2.05, 4.69) is 24.0 Å². The molecule has 174 valence electrons. The Labute approximate surface area is 191 Å². The zero-order chi connectivity index (χ0) is 22.0. The summed E-state index contributed by atoms with van der Waals surface area (Å²) in [5.74, 6) is 0.880. The van der Waals surface area contributed by atoms with Gasteiger partial charge in [-0.2, -0.15) is 0 Å². The molecule has 0 unspecified atom stereocenters. The summed E-state index contributed by atoms with van der Waals surface area (Å²) in [5, 5.41) is 11.1. The number of rotatable bonds is 4. The molecular formula is C27H37NO4. The molecule has 0 radical (unpaired) electrons. The van der Waals surface area contributed by atoms with E-state index in [4.69, 9.17) is 9.47 Å². The van der Waals surface area contributed by atoms with Crippen LogP contribution in [0.1, 0.15) is 57.4 Å². The number of benzene rings is 1. The van der Waals surface area contributed by atoms with Gasteiger partial charge in [-0.25, -0.2) is 0 Å². The predicted octanol–water partition coefficient (Wildman–Crippen LogP) is 3.58. The Kier molecular flexibility index (Phi) is 4.98. The lowest BCUT2D eigenvalue weighted by Crippen LogP contribution is -2.52. The summed E-state index contributed by atoms with van der Waals surface area (Å²) >= 11 is 0. The number of piperidine rings is 1. The minimum atomic E-state index is -0.638. The fourth-order valence-corrected chi connectivity index (χ4v) is 7.75. The number of epoxide rings is 1. The monoisotopic (exact) mass is 439 g/mol. The predicted molar refractivity (Wildman–Crippen MR) is 121 cm³/mol. The molecule has 5 heteroatoms. The number of ether oxygens (including phenoxy) is 2. The first kappa shape index (κ1) is 21.1. The zero-order valence-corrected chi connectivity index (χ0v) is 19.3. The summed E-state index contributed by atoms with van der Waals surface area (Å²) in [6, 6.07) is 10.3. The van der Waals surface area contributed by atoms with E-state index in [9.17, 15) is 9.90 Å². The minimum Gasteiger partial charge on any atom is -0.462 e. The third kappa shape index (κ3) is 3.61. The largest absolute Gasteiger partial charge is 0.462 e. The Balaban J connectivity index is 1.10. The van der Waals surface area contributed by atoms with Crippen molar-refractivity contribution in [1.29, 1.82) is 0 Å². The number of nitrogens with zero attached hydrogens (tertiary/aromatic N) is 1. The third-order valence-electron chi connectivity index (χ3n) is 9.70. The molecule has 3 heterocycles. The number of aliphatic hydroxyl groups is 1. The van der Waals surface area contributed by atoms with Gasteiger partial charge in [-0.1, -0.05) is 37.3 Å². The third-order valence-corrected chi connectivity index (χ3v) is 9.70. The Bertz CT molecular complexity index is 860. The Morgan fingerprint density at radius 3 is 2.59 bits per heavy atom. The molecular weight excluding hydrogens is 402 g/mol. The number of esters is 1. The van der Waals surface area contributed by atoms with Crippen molar-refractivity contribution >= 4 is 5.97 Å². The summed E-state index contributed by atoms with van der Waals surface area (Å²) in [5.41, 5.74) is 0.915. The molecule has 5 fully saturated rings. The standard InChI is InChI=1S/C27H37NO4/c1-25-8-5-9-27(18-31-27)23(25)14-20-21(24(29)32-22(20)16-25)17-28-12-10-26(30,11-13-28)15-19-6-3-2-4-7-19/h2-4,6-7,20-23,30H,5,8-18H2,1H3/t20-,21+,22-,23+,25-,27+/m1/s1. The van der Waals surface area contributed by atoms with Gasteiger partial charge in [0.2, 0.25) is 0 Å². The highest BCUT2D eigenvalue weighted by atomic mass is 16.6. The molecule has 0 aromatic heterocycles. The van der Waals surface area contributed by atoms with Crippen molar-refractivity contribution in [2.24, 2.45) is 23.2 Å². The Morgan fingerprint density at radius 2 is 1.88 bits per heavy atom. The molecule has 6 atom stereocenters. The highest BCUT2D eigenvalue weighted by Crippen LogP contribution is 2.62. The van der Waals surface area contributed by atoms with Crippen LogP contribution in [-0.4, -0.2) is 59.5 Å². The number of carbonyl (C=O) groups is 1. The lowest BCUT2D eigenvalue weighted by atomic mass is 9.53. The molecule has 5 aliphatic rings. The molecule has 1 N–H and O–H groups in total. The molecule has 5 nitrogen and oxygen atoms in total. The zero-order valence-electron chi connectivity index (χ0n) is 19.3. The van der Waals surface area contributed by atoms with E-state index in [0.29, 0.717) is 18.3 Å². The molecule has 2 aliphatic carbocycles. The number of hydrogen-bond acceptors (Lipinski definition) is 5. The Morgan fingerprint density at radius 1 is 1.12 bits per heavy atom. The van der Waals surface area contributed by atoms with Crippen molar-refractivity contribution in [1.82, 2.24) is 4.90 Å². The first-order valence-electron chi connectivity index (χ1n) is 12.7. The van der Waals surface area contributed by atoms with E-state index in [1.54, 1.807) is 0 Å². The topological polar surface area (TPSA) is 62.3 Å². The fourth-order valence-electron chi connectivity index (χ4n) is 7.75. The minimum absolute atomic E-state index is 0.0122. The van der Waals surface area contributed by atoms with Crippen molar-refractivity contribution in [3.8, 4) is 0 Å². The van der Waals surface area contributed by atoms with Gasteiger partial charge in [0.05, 0.1) is 23.7 Å². The van der Waals surface area contributed by atoms with E-state index in [-0.39, 0.29) is 29.0 Å². The van der Waals surface area contributed by atoms with Crippen LogP contribution >= 0.6 is 0 Å². The lowest BCUT2D eigenvalue weighted by Gasteiger charge is -2.51. The molecule has 0 amide bonds. The van der Waals surface area contributed by atoms with Crippen LogP contribution in [0.2, 0.25) is 0 Å². The van der Waals surface area contributed by atoms with Crippen molar-refractivity contribution < 1.29 is 19.4 Å². The normalized spacial score (nSPS) is 42.9. The van der Waals surface area contributed by atoms with Crippen LogP contribution < -0.4 is 0 Å². The van der Waals surface area contributed by atoms with Gasteiger partial charge in [-0.3, -0.25) is 4.79 Å². The number of likely N-dealkylation sites (tertiary alicyclic amines) is 1. The van der Waals surface area contributed by atoms with Crippen LogP contribution in [0.4, 0.5) is 0 Å². The summed E-state index contributed by atoms with van der Waals surface area (Å²) in [7, 11) is 0. The highest BCUT2D eigenvalue weighted by molar-refractivity contribution is 5.75. The van der Waals surface area contributed by atoms with Crippen molar-refractivity contribution in [2.45, 2.75) is 75.6 Å². The van der Waals surface area contributed by atoms with E-state index >= 15 is 0 Å². The molecule has 3 aliphatic heterocycles. The molecule has 3 saturated heterocycles. The van der Waals surface area contributed by atoms with Crippen molar-refractivity contribution in [2.75, 3.05) is 26.2 Å². The highest BCUT2D eigenvalue weighted by Gasteiger charge is 2.65. The molecule has 1 aromatic carbocycles. The molecule has 6 rings (SSSR count). The van der Waals surface area contributed by atoms with Gasteiger partial charge < -0.3 is 19.5 Å². The second-order valence-corrected chi connectivity index (χ2v) is 11.8. The Hall–Kier alpha value is -1.43. The van der Waals surface area contributed by atoms with Crippen LogP contribution in [0.3, 0.4) is 0 Å². The first-order chi connectivity index (χ1) is 15.4. The van der Waals surface area contributed by atoms with E-state index in [0.717, 1.165) is 51.9 Å². The lowest BCUT2D eigenvalue weighted by molar-refractivity contribution is -0.147. The SMILES string of the molecule is C[C@]12CCC[C@]3(CO3)[C@H]1C[C@@H]1[C@H](CN3CCC(O)(Cc4ccccc4)CC3)C(=O)O[C@@H]1C2. The maximum Gasteiger partial charge on any atom is 0.310 e. The van der Waals surface area contributed by atoms with Gasteiger partial charge >= 0.3 is 5.97 Å². The second kappa shape index (κ2) is 7.54. The first-order valence-corrected chi connectivity index (χ1v) is 12.7.